The lowest BCUT2D eigenvalue weighted by Crippen LogP contribution is -2.40. The van der Waals surface area contributed by atoms with E-state index >= 15 is 0 Å². The molecule has 5 heteroatoms. The molecule has 2 aromatic rings. The molecule has 0 bridgehead atoms. The monoisotopic (exact) mass is 485 g/mol. The average molecular weight is 486 g/mol. The zero-order valence-electron chi connectivity index (χ0n) is 21.5. The third-order valence-electron chi connectivity index (χ3n) is 7.63. The van der Waals surface area contributed by atoms with Crippen LogP contribution in [0.2, 0.25) is 0 Å². The van der Waals surface area contributed by atoms with Gasteiger partial charge < -0.3 is 9.47 Å². The second-order valence-electron chi connectivity index (χ2n) is 11.2. The average Bonchev–Trinajstić information content (AvgIpc) is 3.35. The number of carbonyl (C=O) groups excluding carboxylic acids is 2. The second kappa shape index (κ2) is 10.0. The maximum atomic E-state index is 13.7. The van der Waals surface area contributed by atoms with Crippen molar-refractivity contribution in [1.29, 1.82) is 0 Å². The van der Waals surface area contributed by atoms with E-state index < -0.39 is 11.8 Å². The van der Waals surface area contributed by atoms with Crippen LogP contribution in [0.25, 0.3) is 0 Å². The van der Waals surface area contributed by atoms with Crippen LogP contribution in [0.1, 0.15) is 76.3 Å². The molecule has 2 aromatic carbocycles. The van der Waals surface area contributed by atoms with Gasteiger partial charge in [0.2, 0.25) is 0 Å². The van der Waals surface area contributed by atoms with Crippen LogP contribution in [0.3, 0.4) is 0 Å². The van der Waals surface area contributed by atoms with Gasteiger partial charge in [-0.1, -0.05) is 62.4 Å². The molecule has 5 rings (SSSR count). The SMILES string of the molecule is CC1=NC2=C(C(=O)CC(C)(C)C2)[C@H](c2ccccc2OCc2ccccc2)C1C(=O)OC1CCCC1. The minimum absolute atomic E-state index is 0.0492. The van der Waals surface area contributed by atoms with Crippen LogP contribution in [0, 0.1) is 11.3 Å². The van der Waals surface area contributed by atoms with Gasteiger partial charge >= 0.3 is 5.97 Å². The van der Waals surface area contributed by atoms with E-state index in [2.05, 4.69) is 13.8 Å². The molecule has 1 heterocycles. The van der Waals surface area contributed by atoms with Crippen molar-refractivity contribution in [2.45, 2.75) is 77.9 Å². The lowest BCUT2D eigenvalue weighted by molar-refractivity contribution is -0.151. The molecule has 1 aliphatic heterocycles. The Morgan fingerprint density at radius 3 is 2.44 bits per heavy atom. The van der Waals surface area contributed by atoms with E-state index in [1.807, 2.05) is 61.5 Å². The molecule has 0 radical (unpaired) electrons. The van der Waals surface area contributed by atoms with E-state index in [0.29, 0.717) is 36.5 Å². The molecule has 0 amide bonds. The Morgan fingerprint density at radius 2 is 1.69 bits per heavy atom. The normalized spacial score (nSPS) is 23.8. The Bertz CT molecular complexity index is 1200. The smallest absolute Gasteiger partial charge is 0.315 e. The predicted molar refractivity (Wildman–Crippen MR) is 140 cm³/mol. The molecular weight excluding hydrogens is 450 g/mol. The number of Topliss-reactive ketones (excluding diaryl/α,β-unsaturated/α-hetero) is 1. The highest BCUT2D eigenvalue weighted by Gasteiger charge is 2.47. The largest absolute Gasteiger partial charge is 0.489 e. The molecule has 0 saturated heterocycles. The predicted octanol–water partition coefficient (Wildman–Crippen LogP) is 6.57. The number of ketones is 1. The van der Waals surface area contributed by atoms with Gasteiger partial charge in [0.25, 0.3) is 0 Å². The van der Waals surface area contributed by atoms with E-state index in [-0.39, 0.29) is 23.3 Å². The molecule has 0 aromatic heterocycles. The summed E-state index contributed by atoms with van der Waals surface area (Å²) in [4.78, 5) is 32.1. The number of hydrogen-bond donors (Lipinski definition) is 0. The quantitative estimate of drug-likeness (QED) is 0.434. The molecule has 3 aliphatic rings. The topological polar surface area (TPSA) is 65.0 Å². The molecular formula is C31H35NO4. The number of esters is 1. The number of para-hydroxylation sites is 1. The van der Waals surface area contributed by atoms with Gasteiger partial charge in [0.05, 0.1) is 0 Å². The van der Waals surface area contributed by atoms with Crippen LogP contribution in [-0.2, 0) is 20.9 Å². The fourth-order valence-electron chi connectivity index (χ4n) is 5.93. The molecule has 36 heavy (non-hydrogen) atoms. The summed E-state index contributed by atoms with van der Waals surface area (Å²) in [6.45, 7) is 6.51. The zero-order valence-corrected chi connectivity index (χ0v) is 21.5. The van der Waals surface area contributed by atoms with Gasteiger partial charge in [0.15, 0.2) is 5.78 Å². The van der Waals surface area contributed by atoms with Gasteiger partial charge in [-0.25, -0.2) is 0 Å². The summed E-state index contributed by atoms with van der Waals surface area (Å²) in [7, 11) is 0. The number of carbonyl (C=O) groups is 2. The summed E-state index contributed by atoms with van der Waals surface area (Å²) < 4.78 is 12.3. The Labute approximate surface area is 213 Å². The third kappa shape index (κ3) is 5.02. The minimum Gasteiger partial charge on any atom is -0.489 e. The lowest BCUT2D eigenvalue weighted by Gasteiger charge is -2.39. The number of benzene rings is 2. The highest BCUT2D eigenvalue weighted by molar-refractivity contribution is 6.09. The molecule has 188 valence electrons. The maximum absolute atomic E-state index is 13.7. The van der Waals surface area contributed by atoms with Crippen molar-refractivity contribution in [2.75, 3.05) is 0 Å². The number of allylic oxidation sites excluding steroid dienone is 2. The summed E-state index contributed by atoms with van der Waals surface area (Å²) in [5.74, 6) is -0.642. The van der Waals surface area contributed by atoms with E-state index in [9.17, 15) is 9.59 Å². The van der Waals surface area contributed by atoms with Gasteiger partial charge in [-0.15, -0.1) is 0 Å². The molecule has 1 unspecified atom stereocenters. The fraction of sp³-hybridized carbons (Fsp3) is 0.452. The van der Waals surface area contributed by atoms with Crippen molar-refractivity contribution < 1.29 is 19.1 Å². The highest BCUT2D eigenvalue weighted by Crippen LogP contribution is 2.49. The number of nitrogens with zero attached hydrogens (tertiary/aromatic N) is 1. The van der Waals surface area contributed by atoms with Crippen LogP contribution >= 0.6 is 0 Å². The first kappa shape index (κ1) is 24.5. The van der Waals surface area contributed by atoms with E-state index in [1.165, 1.54) is 0 Å². The van der Waals surface area contributed by atoms with E-state index in [0.717, 1.165) is 42.5 Å². The van der Waals surface area contributed by atoms with Crippen molar-refractivity contribution in [1.82, 2.24) is 0 Å². The number of ether oxygens (including phenoxy) is 2. The summed E-state index contributed by atoms with van der Waals surface area (Å²) in [5, 5.41) is 0. The third-order valence-corrected chi connectivity index (χ3v) is 7.63. The molecule has 0 N–H and O–H groups in total. The molecule has 2 atom stereocenters. The van der Waals surface area contributed by atoms with Crippen molar-refractivity contribution in [3.8, 4) is 5.75 Å². The van der Waals surface area contributed by atoms with Gasteiger partial charge in [0, 0.05) is 34.9 Å². The molecule has 1 saturated carbocycles. The lowest BCUT2D eigenvalue weighted by atomic mass is 9.66. The Balaban J connectivity index is 1.55. The summed E-state index contributed by atoms with van der Waals surface area (Å²) in [6.07, 6.45) is 5.06. The van der Waals surface area contributed by atoms with Gasteiger partial charge in [-0.3, -0.25) is 14.6 Å². The summed E-state index contributed by atoms with van der Waals surface area (Å²) in [6, 6.07) is 17.8. The van der Waals surface area contributed by atoms with Crippen molar-refractivity contribution >= 4 is 17.5 Å². The molecule has 0 spiro atoms. The van der Waals surface area contributed by atoms with Crippen molar-refractivity contribution in [3.05, 3.63) is 77.0 Å². The van der Waals surface area contributed by atoms with Crippen molar-refractivity contribution in [2.24, 2.45) is 16.3 Å². The van der Waals surface area contributed by atoms with Crippen LogP contribution in [0.15, 0.2) is 70.9 Å². The highest BCUT2D eigenvalue weighted by atomic mass is 16.5. The first-order chi connectivity index (χ1) is 17.3. The van der Waals surface area contributed by atoms with Crippen LogP contribution in [-0.4, -0.2) is 23.6 Å². The van der Waals surface area contributed by atoms with E-state index in [4.69, 9.17) is 14.5 Å². The molecule has 5 nitrogen and oxygen atoms in total. The fourth-order valence-corrected chi connectivity index (χ4v) is 5.93. The van der Waals surface area contributed by atoms with Crippen LogP contribution in [0.4, 0.5) is 0 Å². The number of rotatable bonds is 6. The number of aliphatic imine (C=N–C) groups is 1. The molecule has 1 fully saturated rings. The van der Waals surface area contributed by atoms with Crippen molar-refractivity contribution in [3.63, 3.8) is 0 Å². The summed E-state index contributed by atoms with van der Waals surface area (Å²) in [5.41, 5.74) is 3.92. The Kier molecular flexibility index (Phi) is 6.83. The van der Waals surface area contributed by atoms with Crippen LogP contribution < -0.4 is 4.74 Å². The first-order valence-electron chi connectivity index (χ1n) is 13.1. The first-order valence-corrected chi connectivity index (χ1v) is 13.1. The number of hydrogen-bond acceptors (Lipinski definition) is 5. The second-order valence-corrected chi connectivity index (χ2v) is 11.2. The Hall–Kier alpha value is -3.21. The summed E-state index contributed by atoms with van der Waals surface area (Å²) >= 11 is 0. The molecule has 2 aliphatic carbocycles. The van der Waals surface area contributed by atoms with Gasteiger partial charge in [-0.2, -0.15) is 0 Å². The Morgan fingerprint density at radius 1 is 1.00 bits per heavy atom. The van der Waals surface area contributed by atoms with Crippen LogP contribution in [0.5, 0.6) is 5.75 Å². The van der Waals surface area contributed by atoms with E-state index in [1.54, 1.807) is 0 Å². The maximum Gasteiger partial charge on any atom is 0.315 e. The minimum atomic E-state index is -0.643. The van der Waals surface area contributed by atoms with Gasteiger partial charge in [0.1, 0.15) is 24.4 Å². The zero-order chi connectivity index (χ0) is 25.3. The van der Waals surface area contributed by atoms with Gasteiger partial charge in [-0.05, 0) is 56.1 Å². The standard InChI is InChI=1S/C31H35NO4/c1-20-27(30(34)36-22-13-7-8-14-22)28(29-24(32-20)17-31(2,3)18-25(29)33)23-15-9-10-16-26(23)35-19-21-11-5-4-6-12-21/h4-6,9-12,15-16,22,27-28H,7-8,13-14,17-19H2,1-3H3/t27?,28-/m1/s1.